The number of rotatable bonds is 8. The Bertz CT molecular complexity index is 1380. The van der Waals surface area contributed by atoms with Gasteiger partial charge in [-0.05, 0) is 48.9 Å². The van der Waals surface area contributed by atoms with Gasteiger partial charge in [0.25, 0.3) is 5.91 Å². The van der Waals surface area contributed by atoms with E-state index in [0.717, 1.165) is 11.3 Å². The Hall–Kier alpha value is -3.82. The Kier molecular flexibility index (Phi) is 6.34. The number of benzene rings is 2. The first-order valence-corrected chi connectivity index (χ1v) is 11.7. The Morgan fingerprint density at radius 3 is 2.27 bits per heavy atom. The molecule has 0 spiro atoms. The van der Waals surface area contributed by atoms with E-state index in [9.17, 15) is 18.0 Å². The molecule has 4 aromatic rings. The lowest BCUT2D eigenvalue weighted by Crippen LogP contribution is -2.24. The van der Waals surface area contributed by atoms with Crippen molar-refractivity contribution >= 4 is 27.4 Å². The maximum atomic E-state index is 12.5. The van der Waals surface area contributed by atoms with Crippen LogP contribution in [-0.4, -0.2) is 29.5 Å². The third-order valence-corrected chi connectivity index (χ3v) is 6.51. The van der Waals surface area contributed by atoms with Crippen molar-refractivity contribution in [2.24, 2.45) is 0 Å². The number of hydrogen-bond donors (Lipinski definition) is 2. The Morgan fingerprint density at radius 2 is 1.61 bits per heavy atom. The molecule has 2 N–H and O–H groups in total. The summed E-state index contributed by atoms with van der Waals surface area (Å²) in [5.41, 5.74) is 3.17. The number of hydrogen-bond acceptors (Lipinski definition) is 5. The highest BCUT2D eigenvalue weighted by atomic mass is 32.2. The molecule has 0 saturated carbocycles. The van der Waals surface area contributed by atoms with Crippen LogP contribution in [0.4, 0.5) is 0 Å². The van der Waals surface area contributed by atoms with Gasteiger partial charge in [0.1, 0.15) is 5.65 Å². The highest BCUT2D eigenvalue weighted by molar-refractivity contribution is 7.89. The molecule has 0 bridgehead atoms. The predicted octanol–water partition coefficient (Wildman–Crippen LogP) is 2.95. The van der Waals surface area contributed by atoms with Crippen molar-refractivity contribution in [3.8, 4) is 0 Å². The fourth-order valence-corrected chi connectivity index (χ4v) is 4.27. The van der Waals surface area contributed by atoms with Gasteiger partial charge in [-0.25, -0.2) is 18.1 Å². The highest BCUT2D eigenvalue weighted by Crippen LogP contribution is 2.13. The van der Waals surface area contributed by atoms with Crippen molar-refractivity contribution < 1.29 is 18.0 Å². The molecule has 0 fully saturated rings. The largest absolute Gasteiger partial charge is 0.346 e. The summed E-state index contributed by atoms with van der Waals surface area (Å²) in [6, 6.07) is 18.1. The monoisotopic (exact) mass is 462 g/mol. The van der Waals surface area contributed by atoms with E-state index in [1.165, 1.54) is 31.2 Å². The van der Waals surface area contributed by atoms with Gasteiger partial charge in [0.15, 0.2) is 5.78 Å². The van der Waals surface area contributed by atoms with Crippen LogP contribution in [0.3, 0.4) is 0 Å². The molecule has 8 nitrogen and oxygen atoms in total. The summed E-state index contributed by atoms with van der Waals surface area (Å²) < 4.78 is 29.4. The smallest absolute Gasteiger partial charge is 0.251 e. The van der Waals surface area contributed by atoms with Crippen LogP contribution in [0.1, 0.15) is 38.9 Å². The van der Waals surface area contributed by atoms with Crippen LogP contribution in [0.2, 0.25) is 0 Å². The first-order chi connectivity index (χ1) is 15.8. The first-order valence-electron chi connectivity index (χ1n) is 10.2. The summed E-state index contributed by atoms with van der Waals surface area (Å²) in [4.78, 5) is 28.3. The van der Waals surface area contributed by atoms with Gasteiger partial charge in [-0.15, -0.1) is 0 Å². The molecule has 1 amide bonds. The van der Waals surface area contributed by atoms with Crippen LogP contribution in [0.5, 0.6) is 0 Å². The second-order valence-electron chi connectivity index (χ2n) is 7.48. The van der Waals surface area contributed by atoms with Crippen LogP contribution in [0.15, 0.2) is 84.0 Å². The topological polar surface area (TPSA) is 110 Å². The average molecular weight is 463 g/mol. The lowest BCUT2D eigenvalue weighted by Gasteiger charge is -2.08. The number of pyridine rings is 1. The molecule has 2 aromatic heterocycles. The number of ketones is 1. The number of sulfonamides is 1. The zero-order valence-electron chi connectivity index (χ0n) is 17.9. The molecule has 0 unspecified atom stereocenters. The minimum Gasteiger partial charge on any atom is -0.346 e. The van der Waals surface area contributed by atoms with E-state index in [2.05, 4.69) is 15.0 Å². The molecule has 0 saturated heterocycles. The molecule has 0 aliphatic heterocycles. The lowest BCUT2D eigenvalue weighted by atomic mass is 10.1. The van der Waals surface area contributed by atoms with E-state index < -0.39 is 10.0 Å². The fraction of sp³-hybridized carbons (Fsp3) is 0.125. The number of aromatic nitrogens is 2. The third-order valence-electron chi connectivity index (χ3n) is 5.10. The second kappa shape index (κ2) is 9.35. The molecule has 2 aromatic carbocycles. The number of amides is 1. The number of imidazole rings is 1. The zero-order chi connectivity index (χ0) is 23.4. The molecule has 0 aliphatic rings. The zero-order valence-corrected chi connectivity index (χ0v) is 18.7. The first kappa shape index (κ1) is 22.4. The number of Topliss-reactive ketones (excluding diaryl/α,β-unsaturated/α-hetero) is 1. The molecule has 0 radical (unpaired) electrons. The predicted molar refractivity (Wildman–Crippen MR) is 123 cm³/mol. The van der Waals surface area contributed by atoms with Gasteiger partial charge in [0.2, 0.25) is 10.0 Å². The van der Waals surface area contributed by atoms with Gasteiger partial charge in [-0.2, -0.15) is 0 Å². The summed E-state index contributed by atoms with van der Waals surface area (Å²) in [6.07, 6.45) is 3.75. The van der Waals surface area contributed by atoms with E-state index in [1.807, 2.05) is 35.0 Å². The number of fused-ring (bicyclic) bond motifs is 1. The van der Waals surface area contributed by atoms with Crippen LogP contribution in [-0.2, 0) is 23.1 Å². The summed E-state index contributed by atoms with van der Waals surface area (Å²) in [5.74, 6) is -0.376. The van der Waals surface area contributed by atoms with E-state index >= 15 is 0 Å². The van der Waals surface area contributed by atoms with Gasteiger partial charge in [0.05, 0.1) is 17.1 Å². The van der Waals surface area contributed by atoms with Crippen molar-refractivity contribution in [2.45, 2.75) is 24.9 Å². The quantitative estimate of drug-likeness (QED) is 0.391. The van der Waals surface area contributed by atoms with Crippen molar-refractivity contribution in [3.63, 3.8) is 0 Å². The summed E-state index contributed by atoms with van der Waals surface area (Å²) in [7, 11) is -3.73. The number of carbonyl (C=O) groups is 2. The molecule has 4 rings (SSSR count). The number of nitrogens with zero attached hydrogens (tertiary/aromatic N) is 2. The van der Waals surface area contributed by atoms with Crippen LogP contribution < -0.4 is 10.0 Å². The van der Waals surface area contributed by atoms with E-state index in [4.69, 9.17) is 0 Å². The van der Waals surface area contributed by atoms with Gasteiger partial charge in [-0.3, -0.25) is 9.59 Å². The van der Waals surface area contributed by atoms with Gasteiger partial charge in [0, 0.05) is 30.1 Å². The van der Waals surface area contributed by atoms with E-state index in [-0.39, 0.29) is 23.1 Å². The minimum absolute atomic E-state index is 0.0694. The van der Waals surface area contributed by atoms with Crippen molar-refractivity contribution in [1.29, 1.82) is 0 Å². The second-order valence-corrected chi connectivity index (χ2v) is 9.25. The molecule has 33 heavy (non-hydrogen) atoms. The van der Waals surface area contributed by atoms with Crippen molar-refractivity contribution in [1.82, 2.24) is 19.4 Å². The molecule has 2 heterocycles. The maximum Gasteiger partial charge on any atom is 0.251 e. The van der Waals surface area contributed by atoms with E-state index in [0.29, 0.717) is 23.2 Å². The van der Waals surface area contributed by atoms with Crippen LogP contribution >= 0.6 is 0 Å². The number of carbonyl (C=O) groups excluding carboxylic acids is 2. The lowest BCUT2D eigenvalue weighted by molar-refractivity contribution is 0.0949. The normalized spacial score (nSPS) is 11.4. The molecule has 168 valence electrons. The standard InChI is InChI=1S/C24H22N4O4S/c1-17(29)19-9-11-22(12-10-19)33(31,32)26-14-18-5-7-20(8-6-18)24(30)25-15-21-16-28-13-3-2-4-23(28)27-21/h2-13,16,26H,14-15H2,1H3,(H,25,30). The van der Waals surface area contributed by atoms with Crippen molar-refractivity contribution in [3.05, 3.63) is 102 Å². The Morgan fingerprint density at radius 1 is 0.909 bits per heavy atom. The van der Waals surface area contributed by atoms with Gasteiger partial charge >= 0.3 is 0 Å². The van der Waals surface area contributed by atoms with Crippen LogP contribution in [0, 0.1) is 0 Å². The third kappa shape index (κ3) is 5.33. The SMILES string of the molecule is CC(=O)c1ccc(S(=O)(=O)NCc2ccc(C(=O)NCc3cn4ccccc4n3)cc2)cc1. The average Bonchev–Trinajstić information content (AvgIpc) is 3.25. The van der Waals surface area contributed by atoms with Gasteiger partial charge in [-0.1, -0.05) is 30.3 Å². The Labute approximate surface area is 191 Å². The van der Waals surface area contributed by atoms with Gasteiger partial charge < -0.3 is 9.72 Å². The van der Waals surface area contributed by atoms with E-state index in [1.54, 1.807) is 24.3 Å². The maximum absolute atomic E-state index is 12.5. The summed E-state index contributed by atoms with van der Waals surface area (Å²) >= 11 is 0. The minimum atomic E-state index is -3.73. The molecule has 9 heteroatoms. The highest BCUT2D eigenvalue weighted by Gasteiger charge is 2.14. The molecule has 0 aliphatic carbocycles. The molecular weight excluding hydrogens is 440 g/mol. The molecule has 0 atom stereocenters. The number of nitrogens with one attached hydrogen (secondary N) is 2. The Balaban J connectivity index is 1.33. The van der Waals surface area contributed by atoms with Crippen molar-refractivity contribution in [2.75, 3.05) is 0 Å². The summed E-state index contributed by atoms with van der Waals surface area (Å²) in [6.45, 7) is 1.79. The molecular formula is C24H22N4O4S. The van der Waals surface area contributed by atoms with Crippen LogP contribution in [0.25, 0.3) is 5.65 Å². The fourth-order valence-electron chi connectivity index (χ4n) is 3.25. The summed E-state index contributed by atoms with van der Waals surface area (Å²) in [5, 5.41) is 2.84.